The molecule has 8 nitrogen and oxygen atoms in total. The molecule has 2 rings (SSSR count). The molecule has 2 amide bonds. The van der Waals surface area contributed by atoms with Gasteiger partial charge in [-0.3, -0.25) is 9.59 Å². The average molecular weight is 337 g/mol. The standard InChI is InChI=1S/C14H17ClN6O2/c1-3-16-14(23)9(2)17-12(22)8-21-19-13(18-20-21)10-6-4-5-7-11(10)15/h4-7,9H,3,8H2,1-2H3,(H,16,23)(H,17,22)/t9-/m1/s1. The van der Waals surface area contributed by atoms with E-state index >= 15 is 0 Å². The predicted octanol–water partition coefficient (Wildman–Crippen LogP) is 0.634. The second kappa shape index (κ2) is 7.68. The fraction of sp³-hybridized carbons (Fsp3) is 0.357. The van der Waals surface area contributed by atoms with Crippen LogP contribution in [0.5, 0.6) is 0 Å². The molecule has 0 saturated carbocycles. The summed E-state index contributed by atoms with van der Waals surface area (Å²) in [6, 6.07) is 6.46. The first-order valence-electron chi connectivity index (χ1n) is 7.11. The summed E-state index contributed by atoms with van der Waals surface area (Å²) in [5, 5.41) is 17.5. The molecule has 0 saturated heterocycles. The van der Waals surface area contributed by atoms with Crippen molar-refractivity contribution >= 4 is 23.4 Å². The lowest BCUT2D eigenvalue weighted by molar-refractivity contribution is -0.129. The molecule has 0 aliphatic rings. The Bertz CT molecular complexity index is 702. The Labute approximate surface area is 138 Å². The lowest BCUT2D eigenvalue weighted by Gasteiger charge is -2.12. The number of carbonyl (C=O) groups excluding carboxylic acids is 2. The Morgan fingerprint density at radius 3 is 2.78 bits per heavy atom. The minimum Gasteiger partial charge on any atom is -0.355 e. The zero-order valence-electron chi connectivity index (χ0n) is 12.8. The summed E-state index contributed by atoms with van der Waals surface area (Å²) >= 11 is 6.07. The van der Waals surface area contributed by atoms with Crippen molar-refractivity contribution in [3.8, 4) is 11.4 Å². The second-order valence-corrected chi connectivity index (χ2v) is 5.21. The Kier molecular flexibility index (Phi) is 5.64. The first kappa shape index (κ1) is 16.9. The van der Waals surface area contributed by atoms with Crippen LogP contribution in [0.25, 0.3) is 11.4 Å². The monoisotopic (exact) mass is 336 g/mol. The minimum atomic E-state index is -0.631. The third-order valence-corrected chi connectivity index (χ3v) is 3.30. The van der Waals surface area contributed by atoms with E-state index in [0.29, 0.717) is 23.0 Å². The summed E-state index contributed by atoms with van der Waals surface area (Å²) in [4.78, 5) is 24.6. The van der Waals surface area contributed by atoms with Crippen LogP contribution in [0.4, 0.5) is 0 Å². The van der Waals surface area contributed by atoms with Gasteiger partial charge in [0, 0.05) is 12.1 Å². The van der Waals surface area contributed by atoms with Gasteiger partial charge in [-0.1, -0.05) is 23.7 Å². The zero-order valence-corrected chi connectivity index (χ0v) is 13.5. The van der Waals surface area contributed by atoms with E-state index in [1.165, 1.54) is 0 Å². The smallest absolute Gasteiger partial charge is 0.244 e. The summed E-state index contributed by atoms with van der Waals surface area (Å²) in [6.45, 7) is 3.78. The number of tetrazole rings is 1. The molecule has 0 unspecified atom stereocenters. The van der Waals surface area contributed by atoms with Crippen molar-refractivity contribution in [1.82, 2.24) is 30.8 Å². The predicted molar refractivity (Wildman–Crippen MR) is 84.6 cm³/mol. The number of rotatable bonds is 6. The minimum absolute atomic E-state index is 0.138. The van der Waals surface area contributed by atoms with Crippen molar-refractivity contribution in [2.45, 2.75) is 26.4 Å². The molecule has 23 heavy (non-hydrogen) atoms. The van der Waals surface area contributed by atoms with Crippen LogP contribution in [0.2, 0.25) is 5.02 Å². The van der Waals surface area contributed by atoms with Gasteiger partial charge >= 0.3 is 0 Å². The third-order valence-electron chi connectivity index (χ3n) is 2.97. The van der Waals surface area contributed by atoms with Gasteiger partial charge in [0.25, 0.3) is 0 Å². The van der Waals surface area contributed by atoms with Gasteiger partial charge in [-0.25, -0.2) is 0 Å². The number of nitrogens with one attached hydrogen (secondary N) is 2. The maximum absolute atomic E-state index is 11.9. The van der Waals surface area contributed by atoms with Crippen molar-refractivity contribution in [1.29, 1.82) is 0 Å². The van der Waals surface area contributed by atoms with Crippen molar-refractivity contribution < 1.29 is 9.59 Å². The third kappa shape index (κ3) is 4.49. The molecule has 0 radical (unpaired) electrons. The Hall–Kier alpha value is -2.48. The second-order valence-electron chi connectivity index (χ2n) is 4.81. The van der Waals surface area contributed by atoms with Gasteiger partial charge in [0.2, 0.25) is 17.6 Å². The van der Waals surface area contributed by atoms with Gasteiger partial charge < -0.3 is 10.6 Å². The van der Waals surface area contributed by atoms with E-state index in [-0.39, 0.29) is 18.4 Å². The highest BCUT2D eigenvalue weighted by atomic mass is 35.5. The van der Waals surface area contributed by atoms with E-state index in [1.807, 2.05) is 13.0 Å². The fourth-order valence-corrected chi connectivity index (χ4v) is 2.09. The molecule has 1 heterocycles. The summed E-state index contributed by atoms with van der Waals surface area (Å²) < 4.78 is 0. The number of nitrogens with zero attached hydrogens (tertiary/aromatic N) is 4. The molecule has 1 aromatic heterocycles. The SMILES string of the molecule is CCNC(=O)[C@@H](C)NC(=O)Cn1nnc(-c2ccccc2Cl)n1. The maximum atomic E-state index is 11.9. The van der Waals surface area contributed by atoms with E-state index < -0.39 is 6.04 Å². The van der Waals surface area contributed by atoms with Gasteiger partial charge in [-0.15, -0.1) is 10.2 Å². The van der Waals surface area contributed by atoms with Gasteiger partial charge in [-0.2, -0.15) is 4.80 Å². The molecule has 0 spiro atoms. The molecule has 1 aromatic carbocycles. The number of halogens is 1. The molecular formula is C14H17ClN6O2. The van der Waals surface area contributed by atoms with E-state index in [2.05, 4.69) is 26.0 Å². The van der Waals surface area contributed by atoms with Gasteiger partial charge in [0.15, 0.2) is 0 Å². The van der Waals surface area contributed by atoms with E-state index in [0.717, 1.165) is 4.80 Å². The number of amides is 2. The topological polar surface area (TPSA) is 102 Å². The lowest BCUT2D eigenvalue weighted by atomic mass is 10.2. The molecule has 9 heteroatoms. The Morgan fingerprint density at radius 1 is 1.35 bits per heavy atom. The summed E-state index contributed by atoms with van der Waals surface area (Å²) in [5.74, 6) is -0.295. The highest BCUT2D eigenvalue weighted by Gasteiger charge is 2.16. The average Bonchev–Trinajstić information content (AvgIpc) is 2.96. The first-order chi connectivity index (χ1) is 11.0. The number of likely N-dealkylation sites (N-methyl/N-ethyl adjacent to an activating group) is 1. The summed E-state index contributed by atoms with van der Waals surface area (Å²) in [6.07, 6.45) is 0. The highest BCUT2D eigenvalue weighted by Crippen LogP contribution is 2.23. The van der Waals surface area contributed by atoms with Crippen molar-refractivity contribution in [2.75, 3.05) is 6.54 Å². The van der Waals surface area contributed by atoms with Crippen LogP contribution >= 0.6 is 11.6 Å². The molecule has 0 fully saturated rings. The van der Waals surface area contributed by atoms with Gasteiger partial charge in [0.1, 0.15) is 12.6 Å². The maximum Gasteiger partial charge on any atom is 0.244 e. The molecular weight excluding hydrogens is 320 g/mol. The lowest BCUT2D eigenvalue weighted by Crippen LogP contribution is -2.45. The van der Waals surface area contributed by atoms with Crippen molar-refractivity contribution in [3.05, 3.63) is 29.3 Å². The van der Waals surface area contributed by atoms with Crippen LogP contribution in [0.3, 0.4) is 0 Å². The normalized spacial score (nSPS) is 11.8. The van der Waals surface area contributed by atoms with Crippen LogP contribution in [-0.2, 0) is 16.1 Å². The molecule has 2 aromatic rings. The quantitative estimate of drug-likeness (QED) is 0.805. The number of hydrogen-bond acceptors (Lipinski definition) is 5. The molecule has 0 aliphatic carbocycles. The van der Waals surface area contributed by atoms with Crippen molar-refractivity contribution in [2.24, 2.45) is 0 Å². The Balaban J connectivity index is 1.98. The van der Waals surface area contributed by atoms with Gasteiger partial charge in [0.05, 0.1) is 5.02 Å². The summed E-state index contributed by atoms with van der Waals surface area (Å²) in [5.41, 5.74) is 0.636. The van der Waals surface area contributed by atoms with Crippen LogP contribution in [0.15, 0.2) is 24.3 Å². The molecule has 2 N–H and O–H groups in total. The number of benzene rings is 1. The molecule has 0 aliphatic heterocycles. The molecule has 0 bridgehead atoms. The summed E-state index contributed by atoms with van der Waals surface area (Å²) in [7, 11) is 0. The Morgan fingerprint density at radius 2 is 2.09 bits per heavy atom. The van der Waals surface area contributed by atoms with Gasteiger partial charge in [-0.05, 0) is 31.2 Å². The van der Waals surface area contributed by atoms with E-state index in [9.17, 15) is 9.59 Å². The van der Waals surface area contributed by atoms with Crippen LogP contribution in [0.1, 0.15) is 13.8 Å². The first-order valence-corrected chi connectivity index (χ1v) is 7.48. The van der Waals surface area contributed by atoms with Crippen LogP contribution in [-0.4, -0.2) is 44.6 Å². The van der Waals surface area contributed by atoms with Crippen molar-refractivity contribution in [3.63, 3.8) is 0 Å². The highest BCUT2D eigenvalue weighted by molar-refractivity contribution is 6.33. The number of aromatic nitrogens is 4. The van der Waals surface area contributed by atoms with Crippen LogP contribution < -0.4 is 10.6 Å². The fourth-order valence-electron chi connectivity index (χ4n) is 1.87. The molecule has 1 atom stereocenters. The molecule has 122 valence electrons. The largest absolute Gasteiger partial charge is 0.355 e. The van der Waals surface area contributed by atoms with E-state index in [1.54, 1.807) is 25.1 Å². The number of hydrogen-bond donors (Lipinski definition) is 2. The number of carbonyl (C=O) groups is 2. The zero-order chi connectivity index (χ0) is 16.8. The van der Waals surface area contributed by atoms with E-state index in [4.69, 9.17) is 11.6 Å². The van der Waals surface area contributed by atoms with Crippen LogP contribution in [0, 0.1) is 0 Å².